The molecule has 11 heteroatoms. The molecule has 40 heavy (non-hydrogen) atoms. The summed E-state index contributed by atoms with van der Waals surface area (Å²) in [6.07, 6.45) is 0. The van der Waals surface area contributed by atoms with E-state index in [-0.39, 0.29) is 33.1 Å². The number of amides is 2. The second kappa shape index (κ2) is 12.8. The molecule has 0 saturated carbocycles. The van der Waals surface area contributed by atoms with Gasteiger partial charge in [0.15, 0.2) is 0 Å². The Morgan fingerprint density at radius 2 is 1.50 bits per heavy atom. The molecule has 3 aromatic carbocycles. The normalized spacial score (nSPS) is 12.5. The van der Waals surface area contributed by atoms with Crippen LogP contribution >= 0.6 is 34.8 Å². The molecule has 0 unspecified atom stereocenters. The molecule has 0 aromatic heterocycles. The summed E-state index contributed by atoms with van der Waals surface area (Å²) in [5, 5.41) is 3.76. The first-order valence-corrected chi connectivity index (χ1v) is 15.1. The van der Waals surface area contributed by atoms with Crippen molar-refractivity contribution in [3.8, 4) is 0 Å². The summed E-state index contributed by atoms with van der Waals surface area (Å²) in [7, 11) is -4.24. The Balaban J connectivity index is 2.07. The minimum absolute atomic E-state index is 0.0121. The van der Waals surface area contributed by atoms with Crippen molar-refractivity contribution in [3.63, 3.8) is 0 Å². The van der Waals surface area contributed by atoms with E-state index in [9.17, 15) is 18.0 Å². The van der Waals surface area contributed by atoms with Gasteiger partial charge < -0.3 is 10.2 Å². The van der Waals surface area contributed by atoms with Crippen LogP contribution in [0.5, 0.6) is 0 Å². The van der Waals surface area contributed by atoms with Crippen molar-refractivity contribution in [2.45, 2.75) is 57.6 Å². The molecular weight excluding hydrogens is 593 g/mol. The lowest BCUT2D eigenvalue weighted by molar-refractivity contribution is -0.140. The van der Waals surface area contributed by atoms with Crippen LogP contribution in [-0.4, -0.2) is 43.3 Å². The van der Waals surface area contributed by atoms with Gasteiger partial charge in [0.1, 0.15) is 12.6 Å². The Hall–Kier alpha value is -2.78. The number of carbonyl (C=O) groups excluding carboxylic acids is 2. The van der Waals surface area contributed by atoms with E-state index in [4.69, 9.17) is 34.8 Å². The molecule has 0 radical (unpaired) electrons. The molecule has 1 atom stereocenters. The van der Waals surface area contributed by atoms with Gasteiger partial charge in [0.25, 0.3) is 10.0 Å². The molecule has 3 aromatic rings. The molecular formula is C29H32Cl3N3O4S. The maximum atomic E-state index is 14.0. The van der Waals surface area contributed by atoms with Crippen LogP contribution in [0, 0.1) is 6.92 Å². The third-order valence-corrected chi connectivity index (χ3v) is 8.39. The minimum atomic E-state index is -4.24. The number of hydrogen-bond acceptors (Lipinski definition) is 4. The summed E-state index contributed by atoms with van der Waals surface area (Å²) < 4.78 is 28.7. The first-order chi connectivity index (χ1) is 18.6. The number of nitrogens with zero attached hydrogens (tertiary/aromatic N) is 2. The number of benzene rings is 3. The molecule has 0 bridgehead atoms. The van der Waals surface area contributed by atoms with Crippen molar-refractivity contribution < 1.29 is 18.0 Å². The SMILES string of the molecule is Cc1ccc(S(=O)(=O)N(CC(=O)N(Cc2cccc(Cl)c2)[C@@H](C)C(=O)NC(C)(C)C)c2cc(Cl)cc(Cl)c2)cc1. The van der Waals surface area contributed by atoms with Gasteiger partial charge in [-0.1, -0.05) is 64.6 Å². The summed E-state index contributed by atoms with van der Waals surface area (Å²) in [5.74, 6) is -0.995. The highest BCUT2D eigenvalue weighted by Gasteiger charge is 2.33. The van der Waals surface area contributed by atoms with Crippen molar-refractivity contribution in [2.75, 3.05) is 10.8 Å². The molecule has 3 rings (SSSR count). The van der Waals surface area contributed by atoms with E-state index in [1.807, 2.05) is 27.7 Å². The van der Waals surface area contributed by atoms with Crippen molar-refractivity contribution in [1.82, 2.24) is 10.2 Å². The Labute approximate surface area is 251 Å². The number of nitrogens with one attached hydrogen (secondary N) is 1. The predicted molar refractivity (Wildman–Crippen MR) is 162 cm³/mol. The Kier molecular flexibility index (Phi) is 10.2. The van der Waals surface area contributed by atoms with E-state index in [1.165, 1.54) is 35.2 Å². The predicted octanol–water partition coefficient (Wildman–Crippen LogP) is 6.48. The van der Waals surface area contributed by atoms with Crippen LogP contribution in [0.1, 0.15) is 38.8 Å². The van der Waals surface area contributed by atoms with Crippen molar-refractivity contribution >= 4 is 62.3 Å². The molecule has 0 aliphatic heterocycles. The number of rotatable bonds is 9. The highest BCUT2D eigenvalue weighted by molar-refractivity contribution is 7.92. The highest BCUT2D eigenvalue weighted by Crippen LogP contribution is 2.30. The second-order valence-corrected chi connectivity index (χ2v) is 13.7. The van der Waals surface area contributed by atoms with Crippen LogP contribution < -0.4 is 9.62 Å². The van der Waals surface area contributed by atoms with Crippen LogP contribution in [0.4, 0.5) is 5.69 Å². The molecule has 0 heterocycles. The van der Waals surface area contributed by atoms with Gasteiger partial charge in [0, 0.05) is 27.2 Å². The largest absolute Gasteiger partial charge is 0.350 e. The maximum Gasteiger partial charge on any atom is 0.264 e. The van der Waals surface area contributed by atoms with Gasteiger partial charge in [0.2, 0.25) is 11.8 Å². The quantitative estimate of drug-likeness (QED) is 0.295. The standard InChI is InChI=1S/C29H32Cl3N3O4S/c1-19-9-11-26(12-10-19)40(38,39)35(25-15-23(31)14-24(32)16-25)18-27(36)34(17-21-7-6-8-22(30)13-21)20(2)28(37)33-29(3,4)5/h6-16,20H,17-18H2,1-5H3,(H,33,37)/t20-/m0/s1. The van der Waals surface area contributed by atoms with Gasteiger partial charge >= 0.3 is 0 Å². The van der Waals surface area contributed by atoms with Gasteiger partial charge in [-0.25, -0.2) is 8.42 Å². The van der Waals surface area contributed by atoms with Crippen LogP contribution in [0.15, 0.2) is 71.6 Å². The monoisotopic (exact) mass is 623 g/mol. The number of sulfonamides is 1. The van der Waals surface area contributed by atoms with Gasteiger partial charge in [-0.05, 0) is 82.6 Å². The molecule has 0 saturated heterocycles. The van der Waals surface area contributed by atoms with Crippen molar-refractivity contribution in [2.24, 2.45) is 0 Å². The first-order valence-electron chi connectivity index (χ1n) is 12.5. The summed E-state index contributed by atoms with van der Waals surface area (Å²) in [6.45, 7) is 8.34. The van der Waals surface area contributed by atoms with Crippen LogP contribution in [0.2, 0.25) is 15.1 Å². The molecule has 0 spiro atoms. The molecule has 1 N–H and O–H groups in total. The topological polar surface area (TPSA) is 86.8 Å². The molecule has 0 aliphatic rings. The molecule has 214 valence electrons. The van der Waals surface area contributed by atoms with E-state index < -0.39 is 34.1 Å². The van der Waals surface area contributed by atoms with Crippen molar-refractivity contribution in [3.05, 3.63) is 92.9 Å². The fourth-order valence-electron chi connectivity index (χ4n) is 3.94. The van der Waals surface area contributed by atoms with E-state index in [2.05, 4.69) is 5.32 Å². The van der Waals surface area contributed by atoms with Gasteiger partial charge in [-0.15, -0.1) is 0 Å². The van der Waals surface area contributed by atoms with Crippen molar-refractivity contribution in [1.29, 1.82) is 0 Å². The smallest absolute Gasteiger partial charge is 0.264 e. The molecule has 0 fully saturated rings. The van der Waals surface area contributed by atoms with E-state index >= 15 is 0 Å². The Bertz CT molecular complexity index is 1470. The Morgan fingerprint density at radius 1 is 0.900 bits per heavy atom. The summed E-state index contributed by atoms with van der Waals surface area (Å²) in [4.78, 5) is 28.4. The van der Waals surface area contributed by atoms with Crippen LogP contribution in [0.25, 0.3) is 0 Å². The lowest BCUT2D eigenvalue weighted by Crippen LogP contribution is -2.54. The van der Waals surface area contributed by atoms with Gasteiger partial charge in [-0.2, -0.15) is 0 Å². The third kappa shape index (κ3) is 8.36. The lowest BCUT2D eigenvalue weighted by atomic mass is 10.1. The average Bonchev–Trinajstić information content (AvgIpc) is 2.84. The zero-order chi connectivity index (χ0) is 29.8. The molecule has 7 nitrogen and oxygen atoms in total. The minimum Gasteiger partial charge on any atom is -0.350 e. The average molecular weight is 625 g/mol. The number of anilines is 1. The van der Waals surface area contributed by atoms with Gasteiger partial charge in [-0.3, -0.25) is 13.9 Å². The van der Waals surface area contributed by atoms with Crippen LogP contribution in [-0.2, 0) is 26.2 Å². The molecule has 2 amide bonds. The lowest BCUT2D eigenvalue weighted by Gasteiger charge is -2.33. The summed E-state index contributed by atoms with van der Waals surface area (Å²) >= 11 is 18.6. The van der Waals surface area contributed by atoms with E-state index in [0.29, 0.717) is 10.6 Å². The van der Waals surface area contributed by atoms with Crippen LogP contribution in [0.3, 0.4) is 0 Å². The summed E-state index contributed by atoms with van der Waals surface area (Å²) in [5.41, 5.74) is 1.11. The van der Waals surface area contributed by atoms with Gasteiger partial charge in [0.05, 0.1) is 10.6 Å². The zero-order valence-electron chi connectivity index (χ0n) is 22.9. The third-order valence-electron chi connectivity index (χ3n) is 5.93. The number of hydrogen-bond donors (Lipinski definition) is 1. The molecule has 0 aliphatic carbocycles. The fraction of sp³-hybridized carbons (Fsp3) is 0.310. The Morgan fingerprint density at radius 3 is 2.05 bits per heavy atom. The number of halogens is 3. The summed E-state index contributed by atoms with van der Waals surface area (Å²) in [6, 6.07) is 16.6. The second-order valence-electron chi connectivity index (χ2n) is 10.5. The maximum absolute atomic E-state index is 14.0. The zero-order valence-corrected chi connectivity index (χ0v) is 26.0. The number of carbonyl (C=O) groups is 2. The number of aryl methyl sites for hydroxylation is 1. The first kappa shape index (κ1) is 31.7. The fourth-order valence-corrected chi connectivity index (χ4v) is 6.06. The highest BCUT2D eigenvalue weighted by atomic mass is 35.5. The van der Waals surface area contributed by atoms with E-state index in [1.54, 1.807) is 43.3 Å². The van der Waals surface area contributed by atoms with E-state index in [0.717, 1.165) is 9.87 Å².